The summed E-state index contributed by atoms with van der Waals surface area (Å²) < 4.78 is 14.9. The Morgan fingerprint density at radius 1 is 1.08 bits per heavy atom. The van der Waals surface area contributed by atoms with Gasteiger partial charge in [-0.05, 0) is 47.9 Å². The second-order valence-electron chi connectivity index (χ2n) is 5.54. The van der Waals surface area contributed by atoms with E-state index in [1.165, 1.54) is 12.1 Å². The number of carbonyl (C=O) groups excluding carboxylic acids is 1. The fourth-order valence-electron chi connectivity index (χ4n) is 2.46. The summed E-state index contributed by atoms with van der Waals surface area (Å²) in [6, 6.07) is 15.7. The van der Waals surface area contributed by atoms with Crippen LogP contribution in [0.5, 0.6) is 0 Å². The lowest BCUT2D eigenvalue weighted by molar-refractivity contribution is 0.0954. The highest BCUT2D eigenvalue weighted by atomic mass is 19.1. The van der Waals surface area contributed by atoms with Gasteiger partial charge in [0.15, 0.2) is 0 Å². The first-order valence-corrected chi connectivity index (χ1v) is 7.80. The summed E-state index contributed by atoms with van der Waals surface area (Å²) in [6.45, 7) is 1.14. The van der Waals surface area contributed by atoms with Crippen LogP contribution in [-0.4, -0.2) is 22.2 Å². The lowest BCUT2D eigenvalue weighted by atomic mass is 10.1. The maximum Gasteiger partial charge on any atom is 0.251 e. The highest BCUT2D eigenvalue weighted by Gasteiger charge is 2.05. The number of amides is 1. The molecule has 122 valence electrons. The van der Waals surface area contributed by atoms with E-state index in [1.807, 2.05) is 35.1 Å². The van der Waals surface area contributed by atoms with Gasteiger partial charge in [-0.15, -0.1) is 0 Å². The molecule has 1 aromatic heterocycles. The maximum atomic E-state index is 13.1. The van der Waals surface area contributed by atoms with E-state index >= 15 is 0 Å². The van der Waals surface area contributed by atoms with Crippen molar-refractivity contribution in [3.8, 4) is 0 Å². The SMILES string of the molecule is O=C(NCCc1cccc(F)c1)c1ccc(Cn2cccn2)cc1. The Labute approximate surface area is 139 Å². The van der Waals surface area contributed by atoms with Crippen molar-refractivity contribution in [1.29, 1.82) is 0 Å². The molecule has 0 saturated heterocycles. The highest BCUT2D eigenvalue weighted by molar-refractivity contribution is 5.94. The summed E-state index contributed by atoms with van der Waals surface area (Å²) >= 11 is 0. The van der Waals surface area contributed by atoms with E-state index in [0.29, 0.717) is 25.1 Å². The Balaban J connectivity index is 1.51. The summed E-state index contributed by atoms with van der Waals surface area (Å²) in [5.74, 6) is -0.386. The number of halogens is 1. The van der Waals surface area contributed by atoms with E-state index in [0.717, 1.165) is 11.1 Å². The second kappa shape index (κ2) is 7.55. The van der Waals surface area contributed by atoms with E-state index in [-0.39, 0.29) is 11.7 Å². The zero-order valence-electron chi connectivity index (χ0n) is 13.2. The van der Waals surface area contributed by atoms with E-state index < -0.39 is 0 Å². The highest BCUT2D eigenvalue weighted by Crippen LogP contribution is 2.07. The first-order valence-electron chi connectivity index (χ1n) is 7.80. The Hall–Kier alpha value is -2.95. The number of benzene rings is 2. The van der Waals surface area contributed by atoms with Gasteiger partial charge in [0.2, 0.25) is 0 Å². The number of aromatic nitrogens is 2. The molecule has 2 aromatic carbocycles. The predicted octanol–water partition coefficient (Wildman–Crippen LogP) is 3.04. The van der Waals surface area contributed by atoms with Crippen LogP contribution in [0.2, 0.25) is 0 Å². The predicted molar refractivity (Wildman–Crippen MR) is 90.2 cm³/mol. The number of nitrogens with one attached hydrogen (secondary N) is 1. The van der Waals surface area contributed by atoms with Crippen molar-refractivity contribution in [1.82, 2.24) is 15.1 Å². The molecule has 0 aliphatic heterocycles. The van der Waals surface area contributed by atoms with Crippen molar-refractivity contribution in [2.24, 2.45) is 0 Å². The molecule has 0 bridgehead atoms. The number of hydrogen-bond acceptors (Lipinski definition) is 2. The fraction of sp³-hybridized carbons (Fsp3) is 0.158. The first kappa shape index (κ1) is 15.9. The molecule has 0 aliphatic rings. The van der Waals surface area contributed by atoms with Crippen LogP contribution in [0.4, 0.5) is 4.39 Å². The molecular formula is C19H18FN3O. The van der Waals surface area contributed by atoms with Crippen molar-refractivity contribution in [2.45, 2.75) is 13.0 Å². The van der Waals surface area contributed by atoms with E-state index in [1.54, 1.807) is 24.4 Å². The normalized spacial score (nSPS) is 10.5. The largest absolute Gasteiger partial charge is 0.352 e. The third kappa shape index (κ3) is 4.29. The number of rotatable bonds is 6. The lowest BCUT2D eigenvalue weighted by Crippen LogP contribution is -2.25. The molecule has 24 heavy (non-hydrogen) atoms. The van der Waals surface area contributed by atoms with Crippen LogP contribution < -0.4 is 5.32 Å². The molecule has 3 aromatic rings. The van der Waals surface area contributed by atoms with Crippen LogP contribution in [0.1, 0.15) is 21.5 Å². The summed E-state index contributed by atoms with van der Waals surface area (Å²) in [6.07, 6.45) is 4.23. The summed E-state index contributed by atoms with van der Waals surface area (Å²) in [4.78, 5) is 12.1. The third-order valence-electron chi connectivity index (χ3n) is 3.71. The Morgan fingerprint density at radius 3 is 2.62 bits per heavy atom. The number of hydrogen-bond donors (Lipinski definition) is 1. The van der Waals surface area contributed by atoms with Gasteiger partial charge in [0.05, 0.1) is 6.54 Å². The molecule has 0 radical (unpaired) electrons. The number of carbonyl (C=O) groups is 1. The van der Waals surface area contributed by atoms with Gasteiger partial charge in [-0.2, -0.15) is 5.10 Å². The lowest BCUT2D eigenvalue weighted by Gasteiger charge is -2.07. The van der Waals surface area contributed by atoms with Gasteiger partial charge in [0.1, 0.15) is 5.82 Å². The Morgan fingerprint density at radius 2 is 1.92 bits per heavy atom. The van der Waals surface area contributed by atoms with Crippen molar-refractivity contribution >= 4 is 5.91 Å². The quantitative estimate of drug-likeness (QED) is 0.758. The topological polar surface area (TPSA) is 46.9 Å². The standard InChI is InChI=1S/C19H18FN3O/c20-18-4-1-3-15(13-18)9-11-21-19(24)17-7-5-16(6-8-17)14-23-12-2-10-22-23/h1-8,10,12-13H,9,11,14H2,(H,21,24). The van der Waals surface area contributed by atoms with Crippen LogP contribution in [0.3, 0.4) is 0 Å². The molecule has 1 amide bonds. The van der Waals surface area contributed by atoms with Gasteiger partial charge < -0.3 is 5.32 Å². The van der Waals surface area contributed by atoms with Gasteiger partial charge in [-0.25, -0.2) is 4.39 Å². The van der Waals surface area contributed by atoms with Crippen LogP contribution in [-0.2, 0) is 13.0 Å². The van der Waals surface area contributed by atoms with Gasteiger partial charge in [0.25, 0.3) is 5.91 Å². The summed E-state index contributed by atoms with van der Waals surface area (Å²) in [5.41, 5.74) is 2.55. The molecule has 5 heteroatoms. The second-order valence-corrected chi connectivity index (χ2v) is 5.54. The van der Waals surface area contributed by atoms with E-state index in [2.05, 4.69) is 10.4 Å². The van der Waals surface area contributed by atoms with Crippen molar-refractivity contribution in [2.75, 3.05) is 6.54 Å². The van der Waals surface area contributed by atoms with Crippen LogP contribution in [0, 0.1) is 5.82 Å². The monoisotopic (exact) mass is 323 g/mol. The van der Waals surface area contributed by atoms with Crippen LogP contribution >= 0.6 is 0 Å². The summed E-state index contributed by atoms with van der Waals surface area (Å²) in [5, 5.41) is 7.01. The average molecular weight is 323 g/mol. The van der Waals surface area contributed by atoms with Gasteiger partial charge >= 0.3 is 0 Å². The van der Waals surface area contributed by atoms with E-state index in [4.69, 9.17) is 0 Å². The van der Waals surface area contributed by atoms with Crippen LogP contribution in [0.25, 0.3) is 0 Å². The minimum absolute atomic E-state index is 0.128. The molecular weight excluding hydrogens is 305 g/mol. The van der Waals surface area contributed by atoms with Gasteiger partial charge in [-0.1, -0.05) is 24.3 Å². The fourth-order valence-corrected chi connectivity index (χ4v) is 2.46. The zero-order chi connectivity index (χ0) is 16.8. The average Bonchev–Trinajstić information content (AvgIpc) is 3.08. The van der Waals surface area contributed by atoms with Gasteiger partial charge in [-0.3, -0.25) is 9.48 Å². The molecule has 1 heterocycles. The maximum absolute atomic E-state index is 13.1. The third-order valence-corrected chi connectivity index (χ3v) is 3.71. The van der Waals surface area contributed by atoms with Crippen molar-refractivity contribution < 1.29 is 9.18 Å². The molecule has 3 rings (SSSR count). The zero-order valence-corrected chi connectivity index (χ0v) is 13.2. The van der Waals surface area contributed by atoms with Crippen LogP contribution in [0.15, 0.2) is 67.0 Å². The molecule has 0 aliphatic carbocycles. The van der Waals surface area contributed by atoms with Gasteiger partial charge in [0, 0.05) is 24.5 Å². The van der Waals surface area contributed by atoms with E-state index in [9.17, 15) is 9.18 Å². The molecule has 0 spiro atoms. The first-order chi connectivity index (χ1) is 11.7. The van der Waals surface area contributed by atoms with Crippen molar-refractivity contribution in [3.63, 3.8) is 0 Å². The molecule has 0 unspecified atom stereocenters. The summed E-state index contributed by atoms with van der Waals surface area (Å²) in [7, 11) is 0. The minimum Gasteiger partial charge on any atom is -0.352 e. The number of nitrogens with zero attached hydrogens (tertiary/aromatic N) is 2. The van der Waals surface area contributed by atoms with Crippen molar-refractivity contribution in [3.05, 3.63) is 89.5 Å². The smallest absolute Gasteiger partial charge is 0.251 e. The Kier molecular flexibility index (Phi) is 5.01. The molecule has 0 saturated carbocycles. The molecule has 0 fully saturated rings. The molecule has 4 nitrogen and oxygen atoms in total. The molecule has 0 atom stereocenters. The Bertz CT molecular complexity index is 798. The minimum atomic E-state index is -0.258. The molecule has 1 N–H and O–H groups in total.